The van der Waals surface area contributed by atoms with Crippen molar-refractivity contribution < 1.29 is 4.79 Å². The van der Waals surface area contributed by atoms with E-state index in [9.17, 15) is 4.79 Å². The maximum atomic E-state index is 12.1. The number of Topliss-reactive ketones (excluding diaryl/α,β-unsaturated/α-hetero) is 1. The van der Waals surface area contributed by atoms with Gasteiger partial charge in [-0.1, -0.05) is 79.8 Å². The molecule has 0 saturated carbocycles. The van der Waals surface area contributed by atoms with Gasteiger partial charge in [-0.15, -0.1) is 0 Å². The van der Waals surface area contributed by atoms with Gasteiger partial charge in [-0.25, -0.2) is 0 Å². The molecule has 1 aliphatic rings. The Morgan fingerprint density at radius 1 is 0.690 bits per heavy atom. The van der Waals surface area contributed by atoms with Crippen LogP contribution in [0.4, 0.5) is 0 Å². The van der Waals surface area contributed by atoms with Crippen molar-refractivity contribution in [2.45, 2.75) is 71.1 Å². The lowest BCUT2D eigenvalue weighted by Gasteiger charge is -2.20. The van der Waals surface area contributed by atoms with Crippen molar-refractivity contribution in [1.29, 1.82) is 0 Å². The summed E-state index contributed by atoms with van der Waals surface area (Å²) in [6.07, 6.45) is 36.2. The van der Waals surface area contributed by atoms with E-state index in [-0.39, 0.29) is 0 Å². The van der Waals surface area contributed by atoms with Crippen molar-refractivity contribution in [3.8, 4) is 0 Å². The van der Waals surface area contributed by atoms with Gasteiger partial charge < -0.3 is 5.32 Å². The van der Waals surface area contributed by atoms with Crippen molar-refractivity contribution in [3.63, 3.8) is 0 Å². The first-order chi connectivity index (χ1) is 14.3. The van der Waals surface area contributed by atoms with E-state index in [1.807, 2.05) is 0 Å². The molecule has 0 aromatic rings. The second kappa shape index (κ2) is 19.4. The van der Waals surface area contributed by atoms with Crippen LogP contribution in [0.1, 0.15) is 71.1 Å². The summed E-state index contributed by atoms with van der Waals surface area (Å²) in [5.74, 6) is 0.752. The molecule has 2 heteroatoms. The Bertz CT molecular complexity index is 571. The largest absolute Gasteiger partial charge is 0.317 e. The molecule has 2 nitrogen and oxygen atoms in total. The lowest BCUT2D eigenvalue weighted by Crippen LogP contribution is -2.31. The van der Waals surface area contributed by atoms with Crippen LogP contribution >= 0.6 is 0 Å². The summed E-state index contributed by atoms with van der Waals surface area (Å²) < 4.78 is 0. The molecule has 1 aliphatic heterocycles. The highest BCUT2D eigenvalue weighted by molar-refractivity contribution is 5.81. The van der Waals surface area contributed by atoms with Gasteiger partial charge in [0, 0.05) is 12.3 Å². The molecule has 0 aromatic carbocycles. The Morgan fingerprint density at radius 2 is 1.10 bits per heavy atom. The van der Waals surface area contributed by atoms with Gasteiger partial charge >= 0.3 is 0 Å². The highest BCUT2D eigenvalue weighted by Gasteiger charge is 2.19. The van der Waals surface area contributed by atoms with E-state index < -0.39 is 0 Å². The molecule has 29 heavy (non-hydrogen) atoms. The number of nitrogens with one attached hydrogen (secondary N) is 1. The molecule has 0 bridgehead atoms. The Hall–Kier alpha value is -1.93. The summed E-state index contributed by atoms with van der Waals surface area (Å²) in [6.45, 7) is 4.15. The van der Waals surface area contributed by atoms with Crippen LogP contribution in [0, 0.1) is 5.92 Å². The molecular formula is C27H41NO. The van der Waals surface area contributed by atoms with Crippen LogP contribution in [-0.2, 0) is 4.79 Å². The summed E-state index contributed by atoms with van der Waals surface area (Å²) in [4.78, 5) is 12.1. The number of carbonyl (C=O) groups is 1. The van der Waals surface area contributed by atoms with E-state index in [0.717, 1.165) is 70.9 Å². The first-order valence-corrected chi connectivity index (χ1v) is 11.5. The Labute approximate surface area is 179 Å². The smallest absolute Gasteiger partial charge is 0.136 e. The molecule has 1 rings (SSSR count). The van der Waals surface area contributed by atoms with Gasteiger partial charge in [0.25, 0.3) is 0 Å². The Balaban J connectivity index is 1.96. The maximum absolute atomic E-state index is 12.1. The van der Waals surface area contributed by atoms with Crippen LogP contribution in [0.25, 0.3) is 0 Å². The maximum Gasteiger partial charge on any atom is 0.136 e. The predicted molar refractivity (Wildman–Crippen MR) is 128 cm³/mol. The topological polar surface area (TPSA) is 29.1 Å². The minimum absolute atomic E-state index is 0.301. The first kappa shape index (κ1) is 25.1. The van der Waals surface area contributed by atoms with E-state index in [2.05, 4.69) is 85.2 Å². The van der Waals surface area contributed by atoms with E-state index >= 15 is 0 Å². The standard InChI is InChI=1S/C27H41NO/c1-2-3-4-5-6-7-8-9-10-11-12-13-14-15-16-17-18-19-20-21-27(29)26-22-24-28-25-23-26/h3-4,6-7,9-10,12-13,15-16,18-19,26,28H,2,5,8,11,14,17,20-25H2,1H3/b4-3-,7-6-,10-9-,13-12-,16-15-,19-18-. The van der Waals surface area contributed by atoms with Crippen molar-refractivity contribution in [3.05, 3.63) is 72.9 Å². The summed E-state index contributed by atoms with van der Waals surface area (Å²) in [5.41, 5.74) is 0. The summed E-state index contributed by atoms with van der Waals surface area (Å²) in [5, 5.41) is 3.31. The van der Waals surface area contributed by atoms with Crippen LogP contribution in [0.3, 0.4) is 0 Å². The highest BCUT2D eigenvalue weighted by Crippen LogP contribution is 2.15. The molecule has 1 saturated heterocycles. The molecule has 1 N–H and O–H groups in total. The number of allylic oxidation sites excluding steroid dienone is 12. The molecule has 0 aromatic heterocycles. The van der Waals surface area contributed by atoms with Crippen LogP contribution in [0.5, 0.6) is 0 Å². The fraction of sp³-hybridized carbons (Fsp3) is 0.519. The minimum atomic E-state index is 0.301. The van der Waals surface area contributed by atoms with Crippen LogP contribution in [-0.4, -0.2) is 18.9 Å². The average Bonchev–Trinajstić information content (AvgIpc) is 2.75. The number of piperidine rings is 1. The second-order valence-corrected chi connectivity index (χ2v) is 7.44. The Morgan fingerprint density at radius 3 is 1.55 bits per heavy atom. The number of hydrogen-bond acceptors (Lipinski definition) is 2. The quantitative estimate of drug-likeness (QED) is 0.301. The van der Waals surface area contributed by atoms with Gasteiger partial charge in [-0.05, 0) is 70.9 Å². The zero-order valence-electron chi connectivity index (χ0n) is 18.4. The first-order valence-electron chi connectivity index (χ1n) is 11.5. The third kappa shape index (κ3) is 15.6. The monoisotopic (exact) mass is 395 g/mol. The zero-order chi connectivity index (χ0) is 20.8. The molecule has 0 aliphatic carbocycles. The normalized spacial score (nSPS) is 16.7. The van der Waals surface area contributed by atoms with Gasteiger partial charge in [0.15, 0.2) is 0 Å². The molecule has 0 atom stereocenters. The fourth-order valence-electron chi connectivity index (χ4n) is 3.21. The summed E-state index contributed by atoms with van der Waals surface area (Å²) >= 11 is 0. The van der Waals surface area contributed by atoms with Gasteiger partial charge in [0.1, 0.15) is 5.78 Å². The molecule has 0 spiro atoms. The average molecular weight is 396 g/mol. The van der Waals surface area contributed by atoms with Crippen molar-refractivity contribution in [1.82, 2.24) is 5.32 Å². The predicted octanol–water partition coefficient (Wildman–Crippen LogP) is 7.03. The number of hydrogen-bond donors (Lipinski definition) is 1. The molecule has 1 fully saturated rings. The minimum Gasteiger partial charge on any atom is -0.317 e. The molecule has 0 amide bonds. The highest BCUT2D eigenvalue weighted by atomic mass is 16.1. The third-order valence-electron chi connectivity index (χ3n) is 4.95. The number of rotatable bonds is 15. The lowest BCUT2D eigenvalue weighted by molar-refractivity contribution is -0.123. The van der Waals surface area contributed by atoms with Gasteiger partial charge in [0.05, 0.1) is 0 Å². The van der Waals surface area contributed by atoms with Crippen LogP contribution in [0.15, 0.2) is 72.9 Å². The second-order valence-electron chi connectivity index (χ2n) is 7.44. The van der Waals surface area contributed by atoms with E-state index in [1.165, 1.54) is 0 Å². The van der Waals surface area contributed by atoms with E-state index in [1.54, 1.807) is 0 Å². The Kier molecular flexibility index (Phi) is 16.8. The zero-order valence-corrected chi connectivity index (χ0v) is 18.4. The lowest BCUT2D eigenvalue weighted by atomic mass is 9.91. The summed E-state index contributed by atoms with van der Waals surface area (Å²) in [6, 6.07) is 0. The van der Waals surface area contributed by atoms with Crippen LogP contribution in [0.2, 0.25) is 0 Å². The molecule has 160 valence electrons. The SMILES string of the molecule is CC/C=C\C/C=C\C/C=C\C/C=C\C/C=C\C/C=C\CCC(=O)C1CCNCC1. The van der Waals surface area contributed by atoms with E-state index in [4.69, 9.17) is 0 Å². The fourth-order valence-corrected chi connectivity index (χ4v) is 3.21. The van der Waals surface area contributed by atoms with Crippen molar-refractivity contribution in [2.75, 3.05) is 13.1 Å². The molecule has 0 radical (unpaired) electrons. The third-order valence-corrected chi connectivity index (χ3v) is 4.95. The number of carbonyl (C=O) groups excluding carboxylic acids is 1. The molecule has 0 unspecified atom stereocenters. The van der Waals surface area contributed by atoms with Gasteiger partial charge in [0.2, 0.25) is 0 Å². The van der Waals surface area contributed by atoms with Crippen molar-refractivity contribution >= 4 is 5.78 Å². The van der Waals surface area contributed by atoms with Crippen LogP contribution < -0.4 is 5.32 Å². The van der Waals surface area contributed by atoms with Gasteiger partial charge in [-0.3, -0.25) is 4.79 Å². The van der Waals surface area contributed by atoms with Crippen molar-refractivity contribution in [2.24, 2.45) is 5.92 Å². The molecule has 1 heterocycles. The summed E-state index contributed by atoms with van der Waals surface area (Å²) in [7, 11) is 0. The van der Waals surface area contributed by atoms with E-state index in [0.29, 0.717) is 18.1 Å². The molecular weight excluding hydrogens is 354 g/mol. The number of ketones is 1. The van der Waals surface area contributed by atoms with Gasteiger partial charge in [-0.2, -0.15) is 0 Å².